The number of amides is 3. The lowest BCUT2D eigenvalue weighted by molar-refractivity contribution is 0.0544. The minimum absolute atomic E-state index is 0.134. The van der Waals surface area contributed by atoms with Crippen LogP contribution in [-0.2, 0) is 20.0 Å². The number of fused-ring (bicyclic) bond motifs is 1. The molecule has 0 fully saturated rings. The number of carbonyl (C=O) groups is 3. The van der Waals surface area contributed by atoms with Gasteiger partial charge in [0.15, 0.2) is 5.69 Å². The molecule has 1 unspecified atom stereocenters. The summed E-state index contributed by atoms with van der Waals surface area (Å²) in [5.74, 6) is -0.636. The van der Waals surface area contributed by atoms with Crippen molar-refractivity contribution in [3.8, 4) is 5.69 Å². The van der Waals surface area contributed by atoms with Crippen LogP contribution in [0.2, 0.25) is 0 Å². The fourth-order valence-electron chi connectivity index (χ4n) is 6.29. The molecule has 1 aliphatic heterocycles. The van der Waals surface area contributed by atoms with Crippen LogP contribution in [0.5, 0.6) is 0 Å². The Morgan fingerprint density at radius 2 is 1.67 bits per heavy atom. The predicted octanol–water partition coefficient (Wildman–Crippen LogP) is 5.89. The van der Waals surface area contributed by atoms with Crippen molar-refractivity contribution >= 4 is 23.4 Å². The summed E-state index contributed by atoms with van der Waals surface area (Å²) in [5, 5.41) is 22.6. The summed E-state index contributed by atoms with van der Waals surface area (Å²) in [6.07, 6.45) is 4.29. The zero-order chi connectivity index (χ0) is 35.2. The van der Waals surface area contributed by atoms with Crippen molar-refractivity contribution in [1.82, 2.24) is 29.4 Å². The van der Waals surface area contributed by atoms with E-state index in [0.29, 0.717) is 60.1 Å². The number of hydrogen-bond donors (Lipinski definition) is 2. The van der Waals surface area contributed by atoms with Gasteiger partial charge in [-0.25, -0.2) is 4.68 Å². The number of aryl methyl sites for hydroxylation is 2. The Bertz CT molecular complexity index is 1800. The highest BCUT2D eigenvalue weighted by Crippen LogP contribution is 2.29. The van der Waals surface area contributed by atoms with E-state index in [9.17, 15) is 19.5 Å². The molecule has 11 heteroatoms. The van der Waals surface area contributed by atoms with Gasteiger partial charge in [-0.3, -0.25) is 19.1 Å². The van der Waals surface area contributed by atoms with Crippen LogP contribution < -0.4 is 5.32 Å². The van der Waals surface area contributed by atoms with E-state index in [1.54, 1.807) is 51.6 Å². The second-order valence-corrected chi connectivity index (χ2v) is 13.2. The van der Waals surface area contributed by atoms with Gasteiger partial charge in [-0.05, 0) is 73.6 Å². The first-order chi connectivity index (χ1) is 23.6. The summed E-state index contributed by atoms with van der Waals surface area (Å²) in [6, 6.07) is 16.2. The summed E-state index contributed by atoms with van der Waals surface area (Å²) in [5.41, 5.74) is 5.54. The molecule has 0 saturated carbocycles. The molecule has 3 heterocycles. The molecule has 1 atom stereocenters. The largest absolute Gasteiger partial charge is 0.394 e. The number of unbranched alkanes of at least 4 members (excludes halogenated alkanes) is 2. The van der Waals surface area contributed by atoms with Crippen LogP contribution in [0.25, 0.3) is 5.69 Å². The normalized spacial score (nSPS) is 14.2. The second kappa shape index (κ2) is 15.6. The Labute approximate surface area is 288 Å². The Morgan fingerprint density at radius 1 is 0.980 bits per heavy atom. The molecule has 5 rings (SSSR count). The predicted molar refractivity (Wildman–Crippen MR) is 190 cm³/mol. The molecule has 1 aliphatic rings. The Balaban J connectivity index is 1.54. The van der Waals surface area contributed by atoms with Gasteiger partial charge in [0.25, 0.3) is 17.7 Å². The number of rotatable bonds is 13. The average molecular weight is 668 g/mol. The minimum atomic E-state index is -0.432. The van der Waals surface area contributed by atoms with E-state index in [2.05, 4.69) is 24.3 Å². The summed E-state index contributed by atoms with van der Waals surface area (Å²) in [6.45, 7) is 11.6. The number of benzene rings is 2. The quantitative estimate of drug-likeness (QED) is 0.183. The molecular weight excluding hydrogens is 618 g/mol. The van der Waals surface area contributed by atoms with Crippen molar-refractivity contribution in [3.63, 3.8) is 0 Å². The van der Waals surface area contributed by atoms with Crippen LogP contribution in [0.15, 0.2) is 54.6 Å². The van der Waals surface area contributed by atoms with Crippen LogP contribution in [0.4, 0.5) is 5.69 Å². The molecule has 2 aromatic carbocycles. The third kappa shape index (κ3) is 7.77. The first kappa shape index (κ1) is 35.5. The first-order valence-electron chi connectivity index (χ1n) is 17.4. The van der Waals surface area contributed by atoms with Gasteiger partial charge in [0, 0.05) is 38.1 Å². The Morgan fingerprint density at radius 3 is 2.31 bits per heavy atom. The van der Waals surface area contributed by atoms with E-state index >= 15 is 0 Å². The molecule has 260 valence electrons. The summed E-state index contributed by atoms with van der Waals surface area (Å²) < 4.78 is 3.18. The molecule has 49 heavy (non-hydrogen) atoms. The van der Waals surface area contributed by atoms with E-state index < -0.39 is 6.04 Å². The molecule has 0 bridgehead atoms. The monoisotopic (exact) mass is 667 g/mol. The number of hydrogen-bond acceptors (Lipinski definition) is 6. The number of aromatic nitrogens is 4. The highest BCUT2D eigenvalue weighted by atomic mass is 16.3. The van der Waals surface area contributed by atoms with Gasteiger partial charge in [0.2, 0.25) is 0 Å². The van der Waals surface area contributed by atoms with Crippen LogP contribution in [-0.4, -0.2) is 77.9 Å². The van der Waals surface area contributed by atoms with Crippen molar-refractivity contribution in [2.75, 3.05) is 25.0 Å². The standard InChI is InChI=1S/C38H49N7O4/c1-7-9-17-43(18-10-8-2)38(49)33-19-26(5)45(41-33)34-16-15-29(39-36(47)35-22-32(25(3)4)40-42(35)6)21-31(34)37(48)44-23-28-14-12-11-13-27(28)20-30(44)24-46/h11-16,19,21-22,25,30,46H,7-10,17-18,20,23-24H2,1-6H3,(H,39,47). The van der Waals surface area contributed by atoms with E-state index in [4.69, 9.17) is 5.10 Å². The fourth-order valence-corrected chi connectivity index (χ4v) is 6.29. The first-order valence-corrected chi connectivity index (χ1v) is 17.4. The minimum Gasteiger partial charge on any atom is -0.394 e. The summed E-state index contributed by atoms with van der Waals surface area (Å²) in [7, 11) is 1.73. The van der Waals surface area contributed by atoms with Gasteiger partial charge in [-0.1, -0.05) is 64.8 Å². The van der Waals surface area contributed by atoms with E-state index in [0.717, 1.165) is 42.5 Å². The third-order valence-electron chi connectivity index (χ3n) is 9.22. The summed E-state index contributed by atoms with van der Waals surface area (Å²) >= 11 is 0. The molecule has 3 amide bonds. The van der Waals surface area contributed by atoms with Gasteiger partial charge in [-0.15, -0.1) is 0 Å². The lowest BCUT2D eigenvalue weighted by Gasteiger charge is -2.36. The van der Waals surface area contributed by atoms with E-state index in [-0.39, 0.29) is 30.2 Å². The maximum Gasteiger partial charge on any atom is 0.274 e. The smallest absolute Gasteiger partial charge is 0.274 e. The molecule has 11 nitrogen and oxygen atoms in total. The van der Waals surface area contributed by atoms with Gasteiger partial charge in [0.05, 0.1) is 29.6 Å². The van der Waals surface area contributed by atoms with Crippen molar-refractivity contribution in [2.24, 2.45) is 7.05 Å². The second-order valence-electron chi connectivity index (χ2n) is 13.2. The molecule has 0 aliphatic carbocycles. The molecule has 4 aromatic rings. The van der Waals surface area contributed by atoms with E-state index in [1.165, 1.54) is 0 Å². The molecule has 2 N–H and O–H groups in total. The fraction of sp³-hybridized carbons (Fsp3) is 0.447. The molecule has 0 saturated heterocycles. The zero-order valence-electron chi connectivity index (χ0n) is 29.6. The van der Waals surface area contributed by atoms with Crippen LogP contribution in [0.1, 0.15) is 113 Å². The Kier molecular flexibility index (Phi) is 11.3. The van der Waals surface area contributed by atoms with Crippen molar-refractivity contribution in [3.05, 3.63) is 94.1 Å². The van der Waals surface area contributed by atoms with Gasteiger partial charge >= 0.3 is 0 Å². The highest BCUT2D eigenvalue weighted by molar-refractivity contribution is 6.05. The maximum atomic E-state index is 14.6. The van der Waals surface area contributed by atoms with Crippen molar-refractivity contribution < 1.29 is 19.5 Å². The lowest BCUT2D eigenvalue weighted by Crippen LogP contribution is -2.46. The summed E-state index contributed by atoms with van der Waals surface area (Å²) in [4.78, 5) is 45.3. The number of nitrogens with one attached hydrogen (secondary N) is 1. The third-order valence-corrected chi connectivity index (χ3v) is 9.22. The van der Waals surface area contributed by atoms with Gasteiger partial charge < -0.3 is 20.2 Å². The number of nitrogens with zero attached hydrogens (tertiary/aromatic N) is 6. The van der Waals surface area contributed by atoms with Gasteiger partial charge in [0.1, 0.15) is 5.69 Å². The molecule has 2 aromatic heterocycles. The number of anilines is 1. The highest BCUT2D eigenvalue weighted by Gasteiger charge is 2.32. The van der Waals surface area contributed by atoms with Gasteiger partial charge in [-0.2, -0.15) is 10.2 Å². The Hall–Kier alpha value is -4.77. The zero-order valence-corrected chi connectivity index (χ0v) is 29.6. The average Bonchev–Trinajstić information content (AvgIpc) is 3.69. The van der Waals surface area contributed by atoms with Crippen molar-refractivity contribution in [2.45, 2.75) is 85.2 Å². The molecule has 0 spiro atoms. The number of carbonyl (C=O) groups excluding carboxylic acids is 3. The number of aliphatic hydroxyl groups excluding tert-OH is 1. The SMILES string of the molecule is CCCCN(CCCC)C(=O)c1cc(C)n(-c2ccc(NC(=O)c3cc(C(C)C)nn3C)cc2C(=O)N2Cc3ccccc3CC2CO)n1. The van der Waals surface area contributed by atoms with Crippen LogP contribution in [0.3, 0.4) is 0 Å². The van der Waals surface area contributed by atoms with E-state index in [1.807, 2.05) is 49.9 Å². The molecule has 0 radical (unpaired) electrons. The van der Waals surface area contributed by atoms with Crippen LogP contribution in [0, 0.1) is 6.92 Å². The lowest BCUT2D eigenvalue weighted by atomic mass is 9.93. The number of aliphatic hydroxyl groups is 1. The topological polar surface area (TPSA) is 126 Å². The van der Waals surface area contributed by atoms with Crippen molar-refractivity contribution in [1.29, 1.82) is 0 Å². The molecular formula is C38H49N7O4. The van der Waals surface area contributed by atoms with Crippen LogP contribution >= 0.6 is 0 Å². The maximum absolute atomic E-state index is 14.6.